The summed E-state index contributed by atoms with van der Waals surface area (Å²) < 4.78 is 4.24. The second kappa shape index (κ2) is 4.40. The average molecular weight is 185 g/mol. The summed E-state index contributed by atoms with van der Waals surface area (Å²) in [6, 6.07) is 0. The lowest BCUT2D eigenvalue weighted by Crippen LogP contribution is -1.98. The summed E-state index contributed by atoms with van der Waals surface area (Å²) in [5.41, 5.74) is 0. The topological polar surface area (TPSA) is 37.8 Å². The van der Waals surface area contributed by atoms with Crippen LogP contribution in [0.15, 0.2) is 0 Å². The van der Waals surface area contributed by atoms with Crippen LogP contribution in [0.1, 0.15) is 26.6 Å². The van der Waals surface area contributed by atoms with Crippen molar-refractivity contribution in [3.63, 3.8) is 0 Å². The first kappa shape index (κ1) is 9.45. The van der Waals surface area contributed by atoms with Crippen molar-refractivity contribution >= 4 is 16.7 Å². The number of hydrogen-bond donors (Lipinski definition) is 1. The molecule has 0 unspecified atom stereocenters. The summed E-state index contributed by atoms with van der Waals surface area (Å²) in [7, 11) is 0. The molecule has 0 amide bonds. The smallest absolute Gasteiger partial charge is 0.202 e. The van der Waals surface area contributed by atoms with E-state index in [1.54, 1.807) is 0 Å². The second-order valence-corrected chi connectivity index (χ2v) is 3.90. The third kappa shape index (κ3) is 2.77. The predicted octanol–water partition coefficient (Wildman–Crippen LogP) is 2.17. The molecule has 0 aliphatic rings. The zero-order valence-corrected chi connectivity index (χ0v) is 8.61. The molecular formula is C8H15N3S. The molecule has 0 radical (unpaired) electrons. The molecule has 0 spiro atoms. The summed E-state index contributed by atoms with van der Waals surface area (Å²) in [5, 5.41) is 4.08. The standard InChI is InChI=1S/C8H15N3S/c1-4-9-8-10-7(11-12-8)5-6(2)3/h6H,4-5H2,1-3H3,(H,9,10,11). The summed E-state index contributed by atoms with van der Waals surface area (Å²) in [4.78, 5) is 4.34. The van der Waals surface area contributed by atoms with Gasteiger partial charge in [-0.3, -0.25) is 0 Å². The molecule has 1 heterocycles. The third-order valence-electron chi connectivity index (χ3n) is 1.39. The molecule has 1 N–H and O–H groups in total. The molecular weight excluding hydrogens is 170 g/mol. The molecule has 0 fully saturated rings. The molecule has 4 heteroatoms. The lowest BCUT2D eigenvalue weighted by atomic mass is 10.1. The van der Waals surface area contributed by atoms with E-state index in [0.29, 0.717) is 5.92 Å². The van der Waals surface area contributed by atoms with Crippen LogP contribution in [0.5, 0.6) is 0 Å². The van der Waals surface area contributed by atoms with E-state index in [2.05, 4.69) is 35.4 Å². The van der Waals surface area contributed by atoms with E-state index in [1.807, 2.05) is 0 Å². The van der Waals surface area contributed by atoms with E-state index in [4.69, 9.17) is 0 Å². The van der Waals surface area contributed by atoms with Gasteiger partial charge in [0, 0.05) is 24.5 Å². The van der Waals surface area contributed by atoms with Crippen molar-refractivity contribution in [1.82, 2.24) is 9.36 Å². The molecule has 12 heavy (non-hydrogen) atoms. The molecule has 0 saturated heterocycles. The number of hydrogen-bond acceptors (Lipinski definition) is 4. The quantitative estimate of drug-likeness (QED) is 0.781. The number of nitrogens with one attached hydrogen (secondary N) is 1. The largest absolute Gasteiger partial charge is 0.361 e. The molecule has 0 aliphatic heterocycles. The molecule has 1 aromatic rings. The lowest BCUT2D eigenvalue weighted by molar-refractivity contribution is 0.627. The first-order valence-electron chi connectivity index (χ1n) is 4.28. The van der Waals surface area contributed by atoms with Crippen molar-refractivity contribution in [2.24, 2.45) is 5.92 Å². The van der Waals surface area contributed by atoms with Crippen molar-refractivity contribution in [2.45, 2.75) is 27.2 Å². The molecule has 68 valence electrons. The Balaban J connectivity index is 2.52. The van der Waals surface area contributed by atoms with Gasteiger partial charge in [-0.05, 0) is 12.8 Å². The van der Waals surface area contributed by atoms with Crippen molar-refractivity contribution < 1.29 is 0 Å². The van der Waals surface area contributed by atoms with Crippen LogP contribution in [0.25, 0.3) is 0 Å². The van der Waals surface area contributed by atoms with Gasteiger partial charge in [0.1, 0.15) is 5.82 Å². The zero-order valence-electron chi connectivity index (χ0n) is 7.79. The SMILES string of the molecule is CCNc1nc(CC(C)C)ns1. The van der Waals surface area contributed by atoms with Crippen LogP contribution in [0.3, 0.4) is 0 Å². The Morgan fingerprint density at radius 3 is 2.83 bits per heavy atom. The summed E-state index contributed by atoms with van der Waals surface area (Å²) in [5.74, 6) is 1.60. The fraction of sp³-hybridized carbons (Fsp3) is 0.750. The Kier molecular flexibility index (Phi) is 3.47. The van der Waals surface area contributed by atoms with Gasteiger partial charge in [0.2, 0.25) is 5.13 Å². The number of rotatable bonds is 4. The summed E-state index contributed by atoms with van der Waals surface area (Å²) >= 11 is 1.44. The molecule has 0 saturated carbocycles. The highest BCUT2D eigenvalue weighted by molar-refractivity contribution is 7.09. The van der Waals surface area contributed by atoms with Crippen molar-refractivity contribution in [1.29, 1.82) is 0 Å². The zero-order chi connectivity index (χ0) is 8.97. The van der Waals surface area contributed by atoms with Gasteiger partial charge in [0.25, 0.3) is 0 Å². The Hall–Kier alpha value is -0.640. The monoisotopic (exact) mass is 185 g/mol. The van der Waals surface area contributed by atoms with Gasteiger partial charge in [-0.1, -0.05) is 13.8 Å². The van der Waals surface area contributed by atoms with Crippen LogP contribution in [0.2, 0.25) is 0 Å². The molecule has 3 nitrogen and oxygen atoms in total. The fourth-order valence-electron chi connectivity index (χ4n) is 0.925. The molecule has 0 aromatic carbocycles. The highest BCUT2D eigenvalue weighted by Gasteiger charge is 2.04. The fourth-order valence-corrected chi connectivity index (χ4v) is 1.59. The van der Waals surface area contributed by atoms with Crippen LogP contribution >= 0.6 is 11.5 Å². The van der Waals surface area contributed by atoms with Crippen molar-refractivity contribution in [2.75, 3.05) is 11.9 Å². The minimum atomic E-state index is 0.633. The van der Waals surface area contributed by atoms with Crippen LogP contribution in [-0.2, 0) is 6.42 Å². The highest BCUT2D eigenvalue weighted by Crippen LogP contribution is 2.12. The van der Waals surface area contributed by atoms with Gasteiger partial charge in [0.05, 0.1) is 0 Å². The van der Waals surface area contributed by atoms with Gasteiger partial charge in [-0.15, -0.1) is 0 Å². The lowest BCUT2D eigenvalue weighted by Gasteiger charge is -1.97. The van der Waals surface area contributed by atoms with Crippen LogP contribution in [-0.4, -0.2) is 15.9 Å². The van der Waals surface area contributed by atoms with Gasteiger partial charge < -0.3 is 5.32 Å². The van der Waals surface area contributed by atoms with E-state index in [-0.39, 0.29) is 0 Å². The van der Waals surface area contributed by atoms with Gasteiger partial charge >= 0.3 is 0 Å². The maximum Gasteiger partial charge on any atom is 0.202 e. The molecule has 0 bridgehead atoms. The van der Waals surface area contributed by atoms with Crippen LogP contribution in [0, 0.1) is 5.92 Å². The summed E-state index contributed by atoms with van der Waals surface area (Å²) in [6.45, 7) is 7.32. The predicted molar refractivity (Wildman–Crippen MR) is 52.6 cm³/mol. The summed E-state index contributed by atoms with van der Waals surface area (Å²) in [6.07, 6.45) is 0.974. The van der Waals surface area contributed by atoms with E-state index >= 15 is 0 Å². The molecule has 0 aliphatic carbocycles. The average Bonchev–Trinajstić information content (AvgIpc) is 2.36. The Bertz CT molecular complexity index is 232. The highest BCUT2D eigenvalue weighted by atomic mass is 32.1. The Labute approximate surface area is 77.4 Å². The normalized spacial score (nSPS) is 10.7. The van der Waals surface area contributed by atoms with Gasteiger partial charge in [0.15, 0.2) is 0 Å². The van der Waals surface area contributed by atoms with E-state index in [1.165, 1.54) is 11.5 Å². The van der Waals surface area contributed by atoms with Crippen LogP contribution in [0.4, 0.5) is 5.13 Å². The molecule has 1 aromatic heterocycles. The molecule has 1 rings (SSSR count). The van der Waals surface area contributed by atoms with E-state index in [0.717, 1.165) is 23.9 Å². The first-order valence-corrected chi connectivity index (χ1v) is 5.06. The second-order valence-electron chi connectivity index (χ2n) is 3.14. The Morgan fingerprint density at radius 1 is 1.50 bits per heavy atom. The third-order valence-corrected chi connectivity index (χ3v) is 2.10. The van der Waals surface area contributed by atoms with E-state index < -0.39 is 0 Å². The van der Waals surface area contributed by atoms with Crippen LogP contribution < -0.4 is 5.32 Å². The van der Waals surface area contributed by atoms with Gasteiger partial charge in [-0.2, -0.15) is 4.37 Å². The van der Waals surface area contributed by atoms with Crippen molar-refractivity contribution in [3.05, 3.63) is 5.82 Å². The number of aromatic nitrogens is 2. The van der Waals surface area contributed by atoms with Gasteiger partial charge in [-0.25, -0.2) is 4.98 Å². The van der Waals surface area contributed by atoms with E-state index in [9.17, 15) is 0 Å². The maximum atomic E-state index is 4.34. The number of nitrogens with zero attached hydrogens (tertiary/aromatic N) is 2. The minimum Gasteiger partial charge on any atom is -0.361 e. The number of anilines is 1. The molecule has 0 atom stereocenters. The Morgan fingerprint density at radius 2 is 2.25 bits per heavy atom. The maximum absolute atomic E-state index is 4.34. The van der Waals surface area contributed by atoms with Crippen molar-refractivity contribution in [3.8, 4) is 0 Å². The minimum absolute atomic E-state index is 0.633. The first-order chi connectivity index (χ1) is 5.72.